The van der Waals surface area contributed by atoms with Crippen molar-refractivity contribution < 1.29 is 14.3 Å². The molecule has 1 spiro atoms. The van der Waals surface area contributed by atoms with Gasteiger partial charge in [-0.15, -0.1) is 0 Å². The Morgan fingerprint density at radius 3 is 2.67 bits per heavy atom. The molecule has 0 bridgehead atoms. The zero-order chi connectivity index (χ0) is 27.7. The number of carbonyl (C=O) groups is 2. The van der Waals surface area contributed by atoms with E-state index in [-0.39, 0.29) is 18.0 Å². The van der Waals surface area contributed by atoms with Crippen molar-refractivity contribution in [1.29, 1.82) is 0 Å². The van der Waals surface area contributed by atoms with E-state index in [4.69, 9.17) is 16.3 Å². The summed E-state index contributed by atoms with van der Waals surface area (Å²) in [5.41, 5.74) is 1.96. The van der Waals surface area contributed by atoms with Crippen LogP contribution in [0, 0.1) is 0 Å². The van der Waals surface area contributed by atoms with Gasteiger partial charge in [-0.1, -0.05) is 23.7 Å². The molecule has 10 nitrogen and oxygen atoms in total. The molecule has 2 aromatic heterocycles. The minimum absolute atomic E-state index is 0.0170. The van der Waals surface area contributed by atoms with Crippen LogP contribution in [0.5, 0.6) is 0 Å². The lowest BCUT2D eigenvalue weighted by Crippen LogP contribution is -2.32. The lowest BCUT2D eigenvalue weighted by Gasteiger charge is -2.20. The zero-order valence-corrected chi connectivity index (χ0v) is 22.7. The Morgan fingerprint density at radius 2 is 1.95 bits per heavy atom. The summed E-state index contributed by atoms with van der Waals surface area (Å²) >= 11 is 6.59. The number of anilines is 2. The van der Waals surface area contributed by atoms with Crippen LogP contribution in [0.25, 0.3) is 21.9 Å². The second-order valence-electron chi connectivity index (χ2n) is 11.0. The fraction of sp³-hybridized carbons (Fsp3) is 0.321. The van der Waals surface area contributed by atoms with Gasteiger partial charge in [0.15, 0.2) is 0 Å². The van der Waals surface area contributed by atoms with E-state index < -0.39 is 17.1 Å². The molecule has 39 heavy (non-hydrogen) atoms. The predicted octanol–water partition coefficient (Wildman–Crippen LogP) is 4.71. The van der Waals surface area contributed by atoms with Crippen LogP contribution in [0.3, 0.4) is 0 Å². The van der Waals surface area contributed by atoms with Crippen molar-refractivity contribution in [2.45, 2.75) is 51.2 Å². The SMILES string of the molecule is Cn1ncc(-c2ccc3c(=O)[nH]nc(CNC(=O)OC(C)(C)C)c3c2)c1N1C(=O)C2(CC2)c2c(Cl)cccc21. The van der Waals surface area contributed by atoms with E-state index in [2.05, 4.69) is 20.6 Å². The first-order valence-electron chi connectivity index (χ1n) is 12.6. The molecule has 3 heterocycles. The van der Waals surface area contributed by atoms with Gasteiger partial charge in [-0.2, -0.15) is 10.2 Å². The van der Waals surface area contributed by atoms with Gasteiger partial charge in [0.2, 0.25) is 5.91 Å². The maximum Gasteiger partial charge on any atom is 0.407 e. The first-order valence-corrected chi connectivity index (χ1v) is 13.0. The number of amides is 2. The van der Waals surface area contributed by atoms with Crippen molar-refractivity contribution in [2.75, 3.05) is 4.90 Å². The molecule has 2 aromatic carbocycles. The van der Waals surface area contributed by atoms with E-state index in [1.165, 1.54) is 0 Å². The molecule has 2 amide bonds. The molecule has 1 aliphatic heterocycles. The van der Waals surface area contributed by atoms with E-state index in [1.807, 2.05) is 30.3 Å². The van der Waals surface area contributed by atoms with Gasteiger partial charge in [-0.25, -0.2) is 9.89 Å². The Hall–Kier alpha value is -4.18. The number of rotatable bonds is 4. The predicted molar refractivity (Wildman–Crippen MR) is 147 cm³/mol. The Kier molecular flexibility index (Phi) is 5.58. The molecular weight excluding hydrogens is 520 g/mol. The highest BCUT2D eigenvalue weighted by Crippen LogP contribution is 2.61. The monoisotopic (exact) mass is 546 g/mol. The summed E-state index contributed by atoms with van der Waals surface area (Å²) in [6.45, 7) is 5.38. The van der Waals surface area contributed by atoms with E-state index in [0.29, 0.717) is 32.9 Å². The van der Waals surface area contributed by atoms with Crippen LogP contribution < -0.4 is 15.8 Å². The molecule has 4 aromatic rings. The fourth-order valence-electron chi connectivity index (χ4n) is 5.29. The second-order valence-corrected chi connectivity index (χ2v) is 11.4. The van der Waals surface area contributed by atoms with Crippen LogP contribution >= 0.6 is 11.6 Å². The number of alkyl carbamates (subject to hydrolysis) is 1. The summed E-state index contributed by atoms with van der Waals surface area (Å²) in [6, 6.07) is 10.9. The number of aromatic nitrogens is 4. The van der Waals surface area contributed by atoms with Crippen LogP contribution in [-0.2, 0) is 28.5 Å². The van der Waals surface area contributed by atoms with Gasteiger partial charge in [0.25, 0.3) is 5.56 Å². The van der Waals surface area contributed by atoms with Crippen molar-refractivity contribution in [3.63, 3.8) is 0 Å². The number of hydrogen-bond donors (Lipinski definition) is 2. The van der Waals surface area contributed by atoms with E-state index in [0.717, 1.165) is 29.7 Å². The molecular formula is C28H27ClN6O4. The van der Waals surface area contributed by atoms with Gasteiger partial charge >= 0.3 is 6.09 Å². The molecule has 0 saturated heterocycles. The number of nitrogens with one attached hydrogen (secondary N) is 2. The van der Waals surface area contributed by atoms with Crippen molar-refractivity contribution in [3.05, 3.63) is 69.2 Å². The number of aryl methyl sites for hydroxylation is 1. The van der Waals surface area contributed by atoms with Crippen LogP contribution in [-0.4, -0.2) is 37.6 Å². The number of carbonyl (C=O) groups excluding carboxylic acids is 2. The zero-order valence-electron chi connectivity index (χ0n) is 22.0. The van der Waals surface area contributed by atoms with E-state index in [1.54, 1.807) is 49.7 Å². The van der Waals surface area contributed by atoms with Crippen molar-refractivity contribution in [2.24, 2.45) is 7.05 Å². The van der Waals surface area contributed by atoms with Gasteiger partial charge in [-0.05, 0) is 63.4 Å². The molecule has 2 aliphatic rings. The molecule has 0 atom stereocenters. The van der Waals surface area contributed by atoms with Gasteiger partial charge in [0.05, 0.1) is 34.9 Å². The van der Waals surface area contributed by atoms with Crippen LogP contribution in [0.4, 0.5) is 16.3 Å². The Bertz CT molecular complexity index is 1730. The summed E-state index contributed by atoms with van der Waals surface area (Å²) in [5, 5.41) is 15.4. The number of aromatic amines is 1. The van der Waals surface area contributed by atoms with Gasteiger partial charge in [0, 0.05) is 28.6 Å². The highest BCUT2D eigenvalue weighted by molar-refractivity contribution is 6.34. The molecule has 1 saturated carbocycles. The van der Waals surface area contributed by atoms with Gasteiger partial charge < -0.3 is 10.1 Å². The average molecular weight is 547 g/mol. The summed E-state index contributed by atoms with van der Waals surface area (Å²) < 4.78 is 7.00. The lowest BCUT2D eigenvalue weighted by atomic mass is 9.98. The standard InChI is InChI=1S/C28H27ClN6O4/c1-27(2,3)39-26(38)30-14-20-17-12-15(8-9-16(17)23(36)33-32-20)18-13-31-34(4)24(18)35-21-7-5-6-19(29)22(21)28(10-11-28)25(35)37/h5-9,12-13H,10-11,14H2,1-4H3,(H,30,38)(H,33,36). The summed E-state index contributed by atoms with van der Waals surface area (Å²) in [6.07, 6.45) is 2.62. The molecule has 11 heteroatoms. The smallest absolute Gasteiger partial charge is 0.407 e. The average Bonchev–Trinajstić information content (AvgIpc) is 3.53. The first kappa shape index (κ1) is 25.1. The summed E-state index contributed by atoms with van der Waals surface area (Å²) in [7, 11) is 1.79. The normalized spacial score (nSPS) is 15.6. The summed E-state index contributed by atoms with van der Waals surface area (Å²) in [5.74, 6) is 0.592. The maximum absolute atomic E-state index is 13.8. The van der Waals surface area contributed by atoms with Crippen molar-refractivity contribution in [1.82, 2.24) is 25.3 Å². The lowest BCUT2D eigenvalue weighted by molar-refractivity contribution is -0.119. The van der Waals surface area contributed by atoms with Crippen LogP contribution in [0.15, 0.2) is 47.4 Å². The second kappa shape index (κ2) is 8.67. The third-order valence-corrected chi connectivity index (χ3v) is 7.49. The van der Waals surface area contributed by atoms with Gasteiger partial charge in [-0.3, -0.25) is 19.2 Å². The van der Waals surface area contributed by atoms with Crippen molar-refractivity contribution >= 4 is 45.9 Å². The minimum Gasteiger partial charge on any atom is -0.444 e. The number of benzene rings is 2. The number of hydrogen-bond acceptors (Lipinski definition) is 6. The maximum atomic E-state index is 13.8. The molecule has 200 valence electrons. The van der Waals surface area contributed by atoms with Crippen molar-refractivity contribution in [3.8, 4) is 11.1 Å². The molecule has 1 aliphatic carbocycles. The number of nitrogens with zero attached hydrogens (tertiary/aromatic N) is 4. The minimum atomic E-state index is -0.649. The topological polar surface area (TPSA) is 122 Å². The molecule has 0 radical (unpaired) electrons. The van der Waals surface area contributed by atoms with E-state index in [9.17, 15) is 14.4 Å². The highest BCUT2D eigenvalue weighted by Gasteiger charge is 2.61. The Balaban J connectivity index is 1.43. The van der Waals surface area contributed by atoms with Crippen LogP contribution in [0.2, 0.25) is 5.02 Å². The molecule has 0 unspecified atom stereocenters. The quantitative estimate of drug-likeness (QED) is 0.382. The summed E-state index contributed by atoms with van der Waals surface area (Å²) in [4.78, 5) is 40.3. The number of ether oxygens (including phenoxy) is 1. The Labute approximate surface area is 228 Å². The number of fused-ring (bicyclic) bond motifs is 3. The fourth-order valence-corrected chi connectivity index (χ4v) is 5.64. The number of H-pyrrole nitrogens is 1. The van der Waals surface area contributed by atoms with E-state index >= 15 is 0 Å². The third kappa shape index (κ3) is 4.06. The highest BCUT2D eigenvalue weighted by atomic mass is 35.5. The molecule has 1 fully saturated rings. The first-order chi connectivity index (χ1) is 18.5. The molecule has 2 N–H and O–H groups in total. The molecule has 6 rings (SSSR count). The largest absolute Gasteiger partial charge is 0.444 e. The van der Waals surface area contributed by atoms with Crippen LogP contribution in [0.1, 0.15) is 44.9 Å². The van der Waals surface area contributed by atoms with Gasteiger partial charge in [0.1, 0.15) is 11.4 Å². The third-order valence-electron chi connectivity index (χ3n) is 7.17. The Morgan fingerprint density at radius 1 is 1.18 bits per heavy atom. The number of halogens is 1.